The monoisotopic (exact) mass is 262 g/mol. The molecule has 3 heteroatoms. The molecule has 0 aliphatic carbocycles. The molecule has 2 unspecified atom stereocenters. The highest BCUT2D eigenvalue weighted by molar-refractivity contribution is 6.30. The Morgan fingerprint density at radius 1 is 1.22 bits per heavy atom. The summed E-state index contributed by atoms with van der Waals surface area (Å²) in [5, 5.41) is 0.777. The first-order valence-corrected chi connectivity index (χ1v) is 7.10. The molecule has 0 N–H and O–H groups in total. The first-order chi connectivity index (χ1) is 8.61. The zero-order chi connectivity index (χ0) is 12.7. The van der Waals surface area contributed by atoms with Gasteiger partial charge in [-0.1, -0.05) is 31.5 Å². The number of benzene rings is 1. The standard InChI is InChI=1S/C15H19ClN2/c1-10-5-11(2)9-18(8-10)15-6-12-3-4-13(16)7-14(12)17-15/h3-4,7,10-11H,5-6,8-9H2,1-2H3. The van der Waals surface area contributed by atoms with Crippen molar-refractivity contribution in [2.24, 2.45) is 16.8 Å². The number of halogens is 1. The fourth-order valence-electron chi connectivity index (χ4n) is 3.20. The van der Waals surface area contributed by atoms with Gasteiger partial charge < -0.3 is 4.90 Å². The second-order valence-corrected chi connectivity index (χ2v) is 6.27. The van der Waals surface area contributed by atoms with E-state index in [1.807, 2.05) is 12.1 Å². The Hall–Kier alpha value is -1.02. The lowest BCUT2D eigenvalue weighted by molar-refractivity contribution is 0.212. The summed E-state index contributed by atoms with van der Waals surface area (Å²) in [6.07, 6.45) is 2.30. The van der Waals surface area contributed by atoms with Gasteiger partial charge in [-0.05, 0) is 36.0 Å². The van der Waals surface area contributed by atoms with Crippen LogP contribution < -0.4 is 0 Å². The molecule has 1 aromatic rings. The Balaban J connectivity index is 1.81. The minimum atomic E-state index is 0.767. The maximum atomic E-state index is 6.02. The van der Waals surface area contributed by atoms with E-state index in [0.717, 1.165) is 42.1 Å². The summed E-state index contributed by atoms with van der Waals surface area (Å²) in [4.78, 5) is 7.23. The molecule has 0 spiro atoms. The van der Waals surface area contributed by atoms with Crippen LogP contribution in [0.1, 0.15) is 25.8 Å². The molecule has 1 aromatic carbocycles. The Labute approximate surface area is 114 Å². The van der Waals surface area contributed by atoms with Crippen molar-refractivity contribution >= 4 is 23.1 Å². The molecule has 1 saturated heterocycles. The first kappa shape index (κ1) is 12.0. The van der Waals surface area contributed by atoms with Crippen molar-refractivity contribution in [3.05, 3.63) is 28.8 Å². The largest absolute Gasteiger partial charge is 0.359 e. The molecule has 0 bridgehead atoms. The summed E-state index contributed by atoms with van der Waals surface area (Å²) in [7, 11) is 0. The molecule has 2 aliphatic rings. The van der Waals surface area contributed by atoms with Crippen molar-refractivity contribution in [3.8, 4) is 0 Å². The van der Waals surface area contributed by atoms with E-state index >= 15 is 0 Å². The maximum Gasteiger partial charge on any atom is 0.109 e. The second kappa shape index (κ2) is 4.58. The number of hydrogen-bond acceptors (Lipinski definition) is 2. The van der Waals surface area contributed by atoms with Gasteiger partial charge >= 0.3 is 0 Å². The fourth-order valence-corrected chi connectivity index (χ4v) is 3.36. The topological polar surface area (TPSA) is 15.6 Å². The molecule has 0 amide bonds. The lowest BCUT2D eigenvalue weighted by atomic mass is 9.91. The first-order valence-electron chi connectivity index (χ1n) is 6.73. The van der Waals surface area contributed by atoms with Crippen LogP contribution in [0.5, 0.6) is 0 Å². The van der Waals surface area contributed by atoms with E-state index in [1.54, 1.807) is 0 Å². The Bertz CT molecular complexity index is 485. The smallest absolute Gasteiger partial charge is 0.109 e. The Morgan fingerprint density at radius 2 is 1.94 bits per heavy atom. The van der Waals surface area contributed by atoms with Crippen LogP contribution in [0.15, 0.2) is 23.2 Å². The lowest BCUT2D eigenvalue weighted by Crippen LogP contribution is -2.42. The van der Waals surface area contributed by atoms with Crippen molar-refractivity contribution in [2.45, 2.75) is 26.7 Å². The normalized spacial score (nSPS) is 27.1. The van der Waals surface area contributed by atoms with E-state index in [-0.39, 0.29) is 0 Å². The summed E-state index contributed by atoms with van der Waals surface area (Å²) >= 11 is 6.02. The van der Waals surface area contributed by atoms with Gasteiger partial charge in [0.25, 0.3) is 0 Å². The number of piperidine rings is 1. The number of rotatable bonds is 0. The minimum Gasteiger partial charge on any atom is -0.359 e. The van der Waals surface area contributed by atoms with Crippen molar-refractivity contribution < 1.29 is 0 Å². The summed E-state index contributed by atoms with van der Waals surface area (Å²) in [5.41, 5.74) is 2.36. The highest BCUT2D eigenvalue weighted by Gasteiger charge is 2.27. The van der Waals surface area contributed by atoms with E-state index in [1.165, 1.54) is 17.8 Å². The van der Waals surface area contributed by atoms with Gasteiger partial charge in [-0.2, -0.15) is 0 Å². The lowest BCUT2D eigenvalue weighted by Gasteiger charge is -2.36. The van der Waals surface area contributed by atoms with Crippen LogP contribution in [-0.4, -0.2) is 23.8 Å². The summed E-state index contributed by atoms with van der Waals surface area (Å²) in [6, 6.07) is 6.03. The third-order valence-electron chi connectivity index (χ3n) is 3.88. The van der Waals surface area contributed by atoms with Crippen molar-refractivity contribution in [2.75, 3.05) is 13.1 Å². The van der Waals surface area contributed by atoms with Gasteiger partial charge in [-0.25, -0.2) is 4.99 Å². The fraction of sp³-hybridized carbons (Fsp3) is 0.533. The van der Waals surface area contributed by atoms with Gasteiger partial charge in [-0.15, -0.1) is 0 Å². The molecule has 0 saturated carbocycles. The highest BCUT2D eigenvalue weighted by atomic mass is 35.5. The summed E-state index contributed by atoms with van der Waals surface area (Å²) in [5.74, 6) is 2.76. The predicted octanol–water partition coefficient (Wildman–Crippen LogP) is 3.90. The number of aliphatic imine (C=N–C) groups is 1. The van der Waals surface area contributed by atoms with Gasteiger partial charge in [0.05, 0.1) is 5.69 Å². The van der Waals surface area contributed by atoms with Crippen LogP contribution in [0.3, 0.4) is 0 Å². The van der Waals surface area contributed by atoms with Gasteiger partial charge in [0.2, 0.25) is 0 Å². The number of nitrogens with zero attached hydrogens (tertiary/aromatic N) is 2. The quantitative estimate of drug-likeness (QED) is 0.692. The molecule has 2 atom stereocenters. The molecular weight excluding hydrogens is 244 g/mol. The third-order valence-corrected chi connectivity index (χ3v) is 4.11. The van der Waals surface area contributed by atoms with Crippen LogP contribution in [-0.2, 0) is 6.42 Å². The number of amidine groups is 1. The Morgan fingerprint density at radius 3 is 2.67 bits per heavy atom. The Kier molecular flexibility index (Phi) is 3.06. The van der Waals surface area contributed by atoms with Gasteiger partial charge in [0, 0.05) is 24.5 Å². The van der Waals surface area contributed by atoms with Gasteiger partial charge in [0.1, 0.15) is 5.84 Å². The summed E-state index contributed by atoms with van der Waals surface area (Å²) in [6.45, 7) is 6.96. The van der Waals surface area contributed by atoms with Crippen LogP contribution in [0, 0.1) is 11.8 Å². The third kappa shape index (κ3) is 2.26. The van der Waals surface area contributed by atoms with E-state index in [2.05, 4.69) is 24.8 Å². The average Bonchev–Trinajstić information content (AvgIpc) is 2.70. The van der Waals surface area contributed by atoms with Crippen molar-refractivity contribution in [1.29, 1.82) is 0 Å². The SMILES string of the molecule is CC1CC(C)CN(C2=Nc3cc(Cl)ccc3C2)C1. The van der Waals surface area contributed by atoms with Crippen LogP contribution in [0.2, 0.25) is 5.02 Å². The van der Waals surface area contributed by atoms with Gasteiger partial charge in [-0.3, -0.25) is 0 Å². The zero-order valence-corrected chi connectivity index (χ0v) is 11.7. The molecule has 3 rings (SSSR count). The average molecular weight is 263 g/mol. The van der Waals surface area contributed by atoms with Crippen LogP contribution in [0.25, 0.3) is 0 Å². The highest BCUT2D eigenvalue weighted by Crippen LogP contribution is 2.32. The number of fused-ring (bicyclic) bond motifs is 1. The molecule has 96 valence electrons. The predicted molar refractivity (Wildman–Crippen MR) is 76.8 cm³/mol. The van der Waals surface area contributed by atoms with E-state index in [9.17, 15) is 0 Å². The van der Waals surface area contributed by atoms with Crippen LogP contribution in [0.4, 0.5) is 5.69 Å². The molecule has 0 aromatic heterocycles. The second-order valence-electron chi connectivity index (χ2n) is 5.83. The molecule has 1 fully saturated rings. The zero-order valence-electron chi connectivity index (χ0n) is 11.0. The minimum absolute atomic E-state index is 0.767. The van der Waals surface area contributed by atoms with E-state index in [4.69, 9.17) is 16.6 Å². The van der Waals surface area contributed by atoms with Crippen molar-refractivity contribution in [3.63, 3.8) is 0 Å². The molecule has 0 radical (unpaired) electrons. The number of hydrogen-bond donors (Lipinski definition) is 0. The molecule has 2 aliphatic heterocycles. The molecule has 2 heterocycles. The summed E-state index contributed by atoms with van der Waals surface area (Å²) < 4.78 is 0. The maximum absolute atomic E-state index is 6.02. The van der Waals surface area contributed by atoms with Crippen molar-refractivity contribution in [1.82, 2.24) is 4.90 Å². The van der Waals surface area contributed by atoms with E-state index < -0.39 is 0 Å². The molecule has 2 nitrogen and oxygen atoms in total. The van der Waals surface area contributed by atoms with Crippen LogP contribution >= 0.6 is 11.6 Å². The van der Waals surface area contributed by atoms with Gasteiger partial charge in [0.15, 0.2) is 0 Å². The molecule has 18 heavy (non-hydrogen) atoms. The van der Waals surface area contributed by atoms with E-state index in [0.29, 0.717) is 0 Å². The number of likely N-dealkylation sites (tertiary alicyclic amines) is 1. The molecular formula is C15H19ClN2.